The van der Waals surface area contributed by atoms with Gasteiger partial charge in [-0.05, 0) is 85.4 Å². The number of benzene rings is 2. The summed E-state index contributed by atoms with van der Waals surface area (Å²) < 4.78 is 43.4. The number of thiazole rings is 1. The van der Waals surface area contributed by atoms with E-state index in [0.717, 1.165) is 61.1 Å². The van der Waals surface area contributed by atoms with Crippen molar-refractivity contribution in [2.75, 3.05) is 24.9 Å². The van der Waals surface area contributed by atoms with Crippen LogP contribution in [0.4, 0.5) is 15.5 Å². The fourth-order valence-corrected chi connectivity index (χ4v) is 8.96. The number of anilines is 1. The first-order valence-electron chi connectivity index (χ1n) is 12.8. The SMILES string of the molecule is COc1ccc([C@H](C)N=S(=O)(NC(=O)Nc2c3c(cc4c2CCC4)CCC3)c2ncc(N=S(C)(C)=O)s2)cc1. The zero-order valence-corrected chi connectivity index (χ0v) is 24.9. The lowest BCUT2D eigenvalue weighted by Crippen LogP contribution is -2.35. The number of nitrogens with zero attached hydrogens (tertiary/aromatic N) is 3. The first-order chi connectivity index (χ1) is 18.5. The molecule has 0 aliphatic heterocycles. The van der Waals surface area contributed by atoms with Crippen molar-refractivity contribution in [1.82, 2.24) is 9.71 Å². The van der Waals surface area contributed by atoms with Crippen molar-refractivity contribution in [2.24, 2.45) is 8.73 Å². The van der Waals surface area contributed by atoms with E-state index in [4.69, 9.17) is 4.74 Å². The van der Waals surface area contributed by atoms with E-state index in [1.807, 2.05) is 19.1 Å². The van der Waals surface area contributed by atoms with Crippen molar-refractivity contribution in [3.05, 3.63) is 64.3 Å². The van der Waals surface area contributed by atoms with E-state index in [1.165, 1.54) is 41.0 Å². The molecular formula is C27H33N5O4S3. The number of carbonyl (C=O) groups is 1. The Hall–Kier alpha value is -2.96. The maximum absolute atomic E-state index is 14.4. The van der Waals surface area contributed by atoms with Gasteiger partial charge in [0.15, 0.2) is 9.92 Å². The number of ether oxygens (including phenoxy) is 1. The molecule has 2 N–H and O–H groups in total. The van der Waals surface area contributed by atoms with E-state index >= 15 is 0 Å². The van der Waals surface area contributed by atoms with Crippen molar-refractivity contribution in [3.63, 3.8) is 0 Å². The summed E-state index contributed by atoms with van der Waals surface area (Å²) in [4.78, 5) is 17.8. The molecule has 9 nitrogen and oxygen atoms in total. The van der Waals surface area contributed by atoms with Gasteiger partial charge in [0.05, 0.1) is 19.3 Å². The Morgan fingerprint density at radius 3 is 2.28 bits per heavy atom. The lowest BCUT2D eigenvalue weighted by molar-refractivity contribution is 0.256. The van der Waals surface area contributed by atoms with Crippen molar-refractivity contribution in [2.45, 2.75) is 55.8 Å². The van der Waals surface area contributed by atoms with Gasteiger partial charge < -0.3 is 10.1 Å². The molecule has 0 radical (unpaired) electrons. The van der Waals surface area contributed by atoms with Crippen LogP contribution in [0.3, 0.4) is 0 Å². The first-order valence-corrected chi connectivity index (χ1v) is 17.5. The molecule has 0 spiro atoms. The summed E-state index contributed by atoms with van der Waals surface area (Å²) in [5.41, 5.74) is 6.59. The molecule has 0 bridgehead atoms. The maximum atomic E-state index is 14.4. The molecule has 0 saturated carbocycles. The van der Waals surface area contributed by atoms with Crippen molar-refractivity contribution >= 4 is 47.7 Å². The summed E-state index contributed by atoms with van der Waals surface area (Å²) in [6.07, 6.45) is 10.4. The second kappa shape index (κ2) is 10.9. The van der Waals surface area contributed by atoms with Gasteiger partial charge in [-0.25, -0.2) is 27.3 Å². The first kappa shape index (κ1) is 27.6. The van der Waals surface area contributed by atoms with Gasteiger partial charge in [0.25, 0.3) is 0 Å². The second-order valence-corrected chi connectivity index (χ2v) is 15.8. The predicted molar refractivity (Wildman–Crippen MR) is 157 cm³/mol. The van der Waals surface area contributed by atoms with Gasteiger partial charge in [0.1, 0.15) is 10.8 Å². The summed E-state index contributed by atoms with van der Waals surface area (Å²) in [5, 5.41) is 3.40. The molecule has 2 amide bonds. The third-order valence-corrected chi connectivity index (χ3v) is 10.9. The van der Waals surface area contributed by atoms with Crippen LogP contribution in [0.2, 0.25) is 0 Å². The third kappa shape index (κ3) is 6.12. The summed E-state index contributed by atoms with van der Waals surface area (Å²) in [5.74, 6) is 0.695. The van der Waals surface area contributed by atoms with Crippen LogP contribution in [-0.2, 0) is 45.3 Å². The van der Waals surface area contributed by atoms with Gasteiger partial charge in [0, 0.05) is 27.9 Å². The molecule has 0 saturated heterocycles. The van der Waals surface area contributed by atoms with Gasteiger partial charge >= 0.3 is 6.03 Å². The van der Waals surface area contributed by atoms with E-state index in [2.05, 4.69) is 29.8 Å². The van der Waals surface area contributed by atoms with Crippen LogP contribution < -0.4 is 14.8 Å². The topological polar surface area (TPSA) is 122 Å². The molecule has 3 aromatic rings. The lowest BCUT2D eigenvalue weighted by atomic mass is 9.99. The number of hydrogen-bond acceptors (Lipinski definition) is 8. The number of hydrogen-bond donors (Lipinski definition) is 2. The van der Waals surface area contributed by atoms with E-state index in [-0.39, 0.29) is 4.34 Å². The van der Waals surface area contributed by atoms with Gasteiger partial charge in [-0.15, -0.1) is 0 Å². The molecule has 5 rings (SSSR count). The molecule has 0 fully saturated rings. The Kier molecular flexibility index (Phi) is 7.71. The molecule has 12 heteroatoms. The maximum Gasteiger partial charge on any atom is 0.332 e. The van der Waals surface area contributed by atoms with Crippen LogP contribution in [0.25, 0.3) is 0 Å². The summed E-state index contributed by atoms with van der Waals surface area (Å²) >= 11 is 1.01. The van der Waals surface area contributed by atoms with E-state index in [0.29, 0.717) is 10.8 Å². The second-order valence-electron chi connectivity index (χ2n) is 10.1. The van der Waals surface area contributed by atoms with Gasteiger partial charge in [-0.3, -0.25) is 0 Å². The number of carbonyl (C=O) groups excluding carboxylic acids is 1. The van der Waals surface area contributed by atoms with Crippen LogP contribution in [0, 0.1) is 0 Å². The van der Waals surface area contributed by atoms with Crippen molar-refractivity contribution in [3.8, 4) is 5.75 Å². The fraction of sp³-hybridized carbons (Fsp3) is 0.407. The molecule has 1 aromatic heterocycles. The molecule has 39 heavy (non-hydrogen) atoms. The highest BCUT2D eigenvalue weighted by Crippen LogP contribution is 2.39. The lowest BCUT2D eigenvalue weighted by Gasteiger charge is -2.18. The van der Waals surface area contributed by atoms with E-state index in [1.54, 1.807) is 19.2 Å². The van der Waals surface area contributed by atoms with Crippen molar-refractivity contribution in [1.29, 1.82) is 0 Å². The Bertz CT molecular complexity index is 1620. The molecule has 2 aliphatic carbocycles. The largest absolute Gasteiger partial charge is 0.497 e. The number of aromatic nitrogens is 1. The molecule has 208 valence electrons. The highest BCUT2D eigenvalue weighted by Gasteiger charge is 2.27. The minimum absolute atomic E-state index is 0.101. The molecule has 2 atom stereocenters. The minimum Gasteiger partial charge on any atom is -0.497 e. The molecule has 2 aromatic carbocycles. The highest BCUT2D eigenvalue weighted by atomic mass is 32.2. The Balaban J connectivity index is 1.51. The Morgan fingerprint density at radius 2 is 1.69 bits per heavy atom. The number of nitrogens with one attached hydrogen (secondary N) is 2. The summed E-state index contributed by atoms with van der Waals surface area (Å²) in [6.45, 7) is 1.81. The number of amides is 2. The number of urea groups is 1. The number of fused-ring (bicyclic) bond motifs is 2. The van der Waals surface area contributed by atoms with Crippen LogP contribution in [-0.4, -0.2) is 39.1 Å². The van der Waals surface area contributed by atoms with Gasteiger partial charge in [0.2, 0.25) is 4.34 Å². The van der Waals surface area contributed by atoms with Crippen LogP contribution >= 0.6 is 11.3 Å². The summed E-state index contributed by atoms with van der Waals surface area (Å²) in [6, 6.07) is 8.47. The Labute approximate surface area is 234 Å². The number of aryl methyl sites for hydroxylation is 2. The number of methoxy groups -OCH3 is 1. The fourth-order valence-electron chi connectivity index (χ4n) is 5.15. The zero-order chi connectivity index (χ0) is 27.8. The molecule has 2 aliphatic rings. The Morgan fingerprint density at radius 1 is 1.05 bits per heavy atom. The van der Waals surface area contributed by atoms with Gasteiger partial charge in [-0.1, -0.05) is 29.5 Å². The van der Waals surface area contributed by atoms with Crippen LogP contribution in [0.1, 0.15) is 53.6 Å². The summed E-state index contributed by atoms with van der Waals surface area (Å²) in [7, 11) is -4.38. The van der Waals surface area contributed by atoms with E-state index < -0.39 is 31.7 Å². The quantitative estimate of drug-likeness (QED) is 0.361. The van der Waals surface area contributed by atoms with Crippen LogP contribution in [0.15, 0.2) is 49.6 Å². The molecule has 1 heterocycles. The smallest absolute Gasteiger partial charge is 0.332 e. The standard InChI is InChI=1S/C27H33N5O4S3/c1-17(18-11-13-21(36-2)14-12-18)30-39(35,27-28-16-24(37-27)31-38(3,4)34)32-26(33)29-25-22-9-5-7-19(22)15-20-8-6-10-23(20)25/h11-17H,5-10H2,1-4H3,(H2,29,30,32,33,35)/t17-,39?/m0/s1. The number of rotatable bonds is 7. The normalized spacial score (nSPS) is 16.5. The minimum atomic E-state index is -3.53. The molecular weight excluding hydrogens is 555 g/mol. The van der Waals surface area contributed by atoms with Crippen LogP contribution in [0.5, 0.6) is 5.75 Å². The molecule has 1 unspecified atom stereocenters. The predicted octanol–water partition coefficient (Wildman–Crippen LogP) is 5.81. The average molecular weight is 588 g/mol. The average Bonchev–Trinajstić information content (AvgIpc) is 3.64. The van der Waals surface area contributed by atoms with E-state index in [9.17, 15) is 13.2 Å². The highest BCUT2D eigenvalue weighted by molar-refractivity contribution is 7.94. The van der Waals surface area contributed by atoms with Gasteiger partial charge in [-0.2, -0.15) is 4.36 Å². The third-order valence-electron chi connectivity index (χ3n) is 6.87. The van der Waals surface area contributed by atoms with Crippen molar-refractivity contribution < 1.29 is 17.9 Å². The monoisotopic (exact) mass is 587 g/mol. The zero-order valence-electron chi connectivity index (χ0n) is 22.5.